The maximum Gasteiger partial charge on any atom is 0.328 e. The average Bonchev–Trinajstić information content (AvgIpc) is 3.19. The molecule has 1 saturated heterocycles. The first-order valence-electron chi connectivity index (χ1n) is 11.1. The van der Waals surface area contributed by atoms with Crippen LogP contribution in [0.25, 0.3) is 6.08 Å². The van der Waals surface area contributed by atoms with Crippen LogP contribution in [0.3, 0.4) is 0 Å². The number of likely N-dealkylation sites (tertiary alicyclic amines) is 1. The number of hydrogen-bond acceptors (Lipinski definition) is 4. The lowest BCUT2D eigenvalue weighted by Crippen LogP contribution is -2.39. The number of ether oxygens (including phenoxy) is 1. The molecule has 1 heterocycles. The quantitative estimate of drug-likeness (QED) is 0.536. The molecular weight excluding hydrogens is 409 g/mol. The molecule has 1 fully saturated rings. The number of benzene rings is 2. The minimum Gasteiger partial charge on any atom is -0.478 e. The van der Waals surface area contributed by atoms with Gasteiger partial charge in [0.1, 0.15) is 5.82 Å². The van der Waals surface area contributed by atoms with Gasteiger partial charge in [-0.25, -0.2) is 9.18 Å². The molecule has 0 bridgehead atoms. The van der Waals surface area contributed by atoms with Gasteiger partial charge in [0, 0.05) is 18.7 Å². The predicted octanol–water partition coefficient (Wildman–Crippen LogP) is 4.38. The van der Waals surface area contributed by atoms with E-state index in [4.69, 9.17) is 9.84 Å². The van der Waals surface area contributed by atoms with Gasteiger partial charge in [0.25, 0.3) is 0 Å². The zero-order valence-corrected chi connectivity index (χ0v) is 18.7. The lowest BCUT2D eigenvalue weighted by molar-refractivity contribution is -0.131. The number of hydrogen-bond donors (Lipinski definition) is 2. The molecule has 5 nitrogen and oxygen atoms in total. The Morgan fingerprint density at radius 3 is 2.84 bits per heavy atom. The first-order valence-corrected chi connectivity index (χ1v) is 11.1. The fraction of sp³-hybridized carbons (Fsp3) is 0.423. The van der Waals surface area contributed by atoms with Gasteiger partial charge < -0.3 is 14.9 Å². The van der Waals surface area contributed by atoms with Crippen molar-refractivity contribution >= 4 is 12.0 Å². The van der Waals surface area contributed by atoms with E-state index in [-0.39, 0.29) is 24.6 Å². The smallest absolute Gasteiger partial charge is 0.328 e. The summed E-state index contributed by atoms with van der Waals surface area (Å²) in [4.78, 5) is 13.1. The van der Waals surface area contributed by atoms with Crippen molar-refractivity contribution < 1.29 is 24.1 Å². The van der Waals surface area contributed by atoms with E-state index in [1.54, 1.807) is 19.1 Å². The van der Waals surface area contributed by atoms with Gasteiger partial charge >= 0.3 is 5.97 Å². The van der Waals surface area contributed by atoms with E-state index >= 15 is 0 Å². The lowest BCUT2D eigenvalue weighted by Gasteiger charge is -2.27. The fourth-order valence-electron chi connectivity index (χ4n) is 4.26. The van der Waals surface area contributed by atoms with Crippen LogP contribution < -0.4 is 0 Å². The second-order valence-electron chi connectivity index (χ2n) is 8.51. The van der Waals surface area contributed by atoms with E-state index in [9.17, 15) is 14.3 Å². The molecule has 3 rings (SSSR count). The van der Waals surface area contributed by atoms with Crippen LogP contribution in [0.1, 0.15) is 48.1 Å². The summed E-state index contributed by atoms with van der Waals surface area (Å²) in [5, 5.41) is 19.5. The van der Waals surface area contributed by atoms with Crippen molar-refractivity contribution in [1.82, 2.24) is 4.90 Å². The number of β-amino-alcohol motifs (C(OH)–C–C–N with tert-alkyl or cyclic N) is 1. The largest absolute Gasteiger partial charge is 0.478 e. The Morgan fingerprint density at radius 1 is 1.31 bits per heavy atom. The Bertz CT molecular complexity index is 945. The topological polar surface area (TPSA) is 70.0 Å². The van der Waals surface area contributed by atoms with Gasteiger partial charge in [0.2, 0.25) is 0 Å². The van der Waals surface area contributed by atoms with Gasteiger partial charge in [-0.05, 0) is 74.1 Å². The Hall–Kier alpha value is -2.54. The maximum absolute atomic E-state index is 13.9. The highest BCUT2D eigenvalue weighted by Crippen LogP contribution is 2.24. The highest BCUT2D eigenvalue weighted by atomic mass is 19.1. The summed E-state index contributed by atoms with van der Waals surface area (Å²) >= 11 is 0. The fourth-order valence-corrected chi connectivity index (χ4v) is 4.26. The minimum absolute atomic E-state index is 0.173. The molecule has 0 aliphatic carbocycles. The third kappa shape index (κ3) is 6.73. The van der Waals surface area contributed by atoms with Crippen LogP contribution >= 0.6 is 0 Å². The number of carbonyl (C=O) groups is 1. The van der Waals surface area contributed by atoms with E-state index in [1.807, 2.05) is 43.3 Å². The predicted molar refractivity (Wildman–Crippen MR) is 123 cm³/mol. The summed E-state index contributed by atoms with van der Waals surface area (Å²) in [6.07, 6.45) is 4.59. The van der Waals surface area contributed by atoms with Crippen molar-refractivity contribution in [2.75, 3.05) is 19.7 Å². The number of aliphatic hydroxyl groups excluding tert-OH is 1. The first kappa shape index (κ1) is 24.1. The number of aryl methyl sites for hydroxylation is 1. The van der Waals surface area contributed by atoms with Crippen LogP contribution in [0.2, 0.25) is 0 Å². The van der Waals surface area contributed by atoms with Gasteiger partial charge in [-0.15, -0.1) is 0 Å². The highest BCUT2D eigenvalue weighted by molar-refractivity contribution is 5.85. The van der Waals surface area contributed by atoms with Crippen molar-refractivity contribution in [3.63, 3.8) is 0 Å². The van der Waals surface area contributed by atoms with Crippen LogP contribution in [-0.2, 0) is 16.0 Å². The summed E-state index contributed by atoms with van der Waals surface area (Å²) < 4.78 is 19.8. The maximum atomic E-state index is 13.9. The summed E-state index contributed by atoms with van der Waals surface area (Å²) in [5.74, 6) is -1.18. The number of carboxylic acid groups (broad SMARTS) is 1. The molecule has 0 radical (unpaired) electrons. The molecular formula is C26H32FNO4. The van der Waals surface area contributed by atoms with Crippen LogP contribution in [0.4, 0.5) is 4.39 Å². The number of aliphatic hydroxyl groups is 1. The van der Waals surface area contributed by atoms with E-state index < -0.39 is 12.1 Å². The standard InChI is InChI=1S/C26H32FNO4/c1-18-9-10-20(15-25(18)27)14-22-7-5-13-28(22)16-23(29)17-32-19(2)24-8-4-3-6-21(24)11-12-26(30)31/h3-4,6,8-12,15,19,22-23,29H,5,7,13-14,16-17H2,1-2H3,(H,30,31)/b12-11+/t19-,22+,23-/m1/s1. The average molecular weight is 442 g/mol. The molecule has 32 heavy (non-hydrogen) atoms. The summed E-state index contributed by atoms with van der Waals surface area (Å²) in [7, 11) is 0. The molecule has 0 amide bonds. The van der Waals surface area contributed by atoms with Gasteiger partial charge in [0.15, 0.2) is 0 Å². The molecule has 2 aromatic rings. The van der Waals surface area contributed by atoms with E-state index in [0.29, 0.717) is 12.1 Å². The zero-order chi connectivity index (χ0) is 23.1. The van der Waals surface area contributed by atoms with Crippen molar-refractivity contribution in [1.29, 1.82) is 0 Å². The third-order valence-corrected chi connectivity index (χ3v) is 6.03. The van der Waals surface area contributed by atoms with Gasteiger partial charge in [0.05, 0.1) is 18.8 Å². The van der Waals surface area contributed by atoms with Gasteiger partial charge in [-0.2, -0.15) is 0 Å². The SMILES string of the molecule is Cc1ccc(C[C@@H]2CCCN2C[C@@H](O)CO[C@H](C)c2ccccc2/C=C/C(=O)O)cc1F. The van der Waals surface area contributed by atoms with Crippen molar-refractivity contribution in [2.45, 2.75) is 51.4 Å². The molecule has 6 heteroatoms. The van der Waals surface area contributed by atoms with Crippen molar-refractivity contribution in [3.8, 4) is 0 Å². The third-order valence-electron chi connectivity index (χ3n) is 6.03. The Kier molecular flexibility index (Phi) is 8.56. The summed E-state index contributed by atoms with van der Waals surface area (Å²) in [6, 6.07) is 13.2. The number of halogens is 1. The van der Waals surface area contributed by atoms with Crippen LogP contribution in [-0.4, -0.2) is 52.9 Å². The molecule has 3 atom stereocenters. The molecule has 0 spiro atoms. The van der Waals surface area contributed by atoms with E-state index in [1.165, 1.54) is 0 Å². The molecule has 1 aliphatic heterocycles. The molecule has 172 valence electrons. The van der Waals surface area contributed by atoms with E-state index in [2.05, 4.69) is 4.90 Å². The van der Waals surface area contributed by atoms with Crippen LogP contribution in [0, 0.1) is 12.7 Å². The Morgan fingerprint density at radius 2 is 2.09 bits per heavy atom. The molecule has 0 unspecified atom stereocenters. The first-order chi connectivity index (χ1) is 15.3. The second-order valence-corrected chi connectivity index (χ2v) is 8.51. The highest BCUT2D eigenvalue weighted by Gasteiger charge is 2.27. The number of nitrogens with zero attached hydrogens (tertiary/aromatic N) is 1. The summed E-state index contributed by atoms with van der Waals surface area (Å²) in [5.41, 5.74) is 3.29. The van der Waals surface area contributed by atoms with E-state index in [0.717, 1.165) is 48.6 Å². The Labute approximate surface area is 189 Å². The monoisotopic (exact) mass is 441 g/mol. The molecule has 0 saturated carbocycles. The number of carboxylic acids is 1. The van der Waals surface area contributed by atoms with Crippen molar-refractivity contribution in [2.24, 2.45) is 0 Å². The normalized spacial score (nSPS) is 18.8. The number of rotatable bonds is 10. The van der Waals surface area contributed by atoms with Crippen LogP contribution in [0.15, 0.2) is 48.5 Å². The molecule has 1 aliphatic rings. The van der Waals surface area contributed by atoms with Crippen LogP contribution in [0.5, 0.6) is 0 Å². The molecule has 0 aromatic heterocycles. The molecule has 2 aromatic carbocycles. The second kappa shape index (κ2) is 11.4. The van der Waals surface area contributed by atoms with Gasteiger partial charge in [-0.3, -0.25) is 4.90 Å². The zero-order valence-electron chi connectivity index (χ0n) is 18.7. The molecule has 2 N–H and O–H groups in total. The summed E-state index contributed by atoms with van der Waals surface area (Å²) in [6.45, 7) is 5.26. The Balaban J connectivity index is 1.53. The van der Waals surface area contributed by atoms with Crippen molar-refractivity contribution in [3.05, 3.63) is 76.6 Å². The van der Waals surface area contributed by atoms with Gasteiger partial charge in [-0.1, -0.05) is 36.4 Å². The minimum atomic E-state index is -1.00. The lowest BCUT2D eigenvalue weighted by atomic mass is 10.0. The number of aliphatic carboxylic acids is 1.